The first-order valence-corrected chi connectivity index (χ1v) is 5.83. The maximum Gasteiger partial charge on any atom is 0.254 e. The van der Waals surface area contributed by atoms with Gasteiger partial charge in [-0.2, -0.15) is 0 Å². The van der Waals surface area contributed by atoms with Gasteiger partial charge in [0.1, 0.15) is 17.4 Å². The average Bonchev–Trinajstić information content (AvgIpc) is 2.40. The van der Waals surface area contributed by atoms with Crippen molar-refractivity contribution in [2.75, 3.05) is 13.1 Å². The van der Waals surface area contributed by atoms with E-state index in [1.54, 1.807) is 0 Å². The molecular weight excluding hydrogens is 252 g/mol. The van der Waals surface area contributed by atoms with Crippen molar-refractivity contribution < 1.29 is 18.4 Å². The maximum atomic E-state index is 13.0. The second kappa shape index (κ2) is 6.78. The van der Waals surface area contributed by atoms with Gasteiger partial charge >= 0.3 is 0 Å². The number of amides is 1. The number of carbonyl (C=O) groups is 2. The molecule has 0 aliphatic carbocycles. The number of benzene rings is 1. The molecule has 1 amide bonds. The molecule has 1 aliphatic heterocycles. The van der Waals surface area contributed by atoms with Crippen molar-refractivity contribution in [3.8, 4) is 0 Å². The fourth-order valence-electron chi connectivity index (χ4n) is 1.82. The molecule has 0 unspecified atom stereocenters. The van der Waals surface area contributed by atoms with Crippen LogP contribution in [0.2, 0.25) is 0 Å². The third kappa shape index (κ3) is 3.98. The molecule has 1 aromatic carbocycles. The lowest BCUT2D eigenvalue weighted by Gasteiger charge is -2.26. The van der Waals surface area contributed by atoms with E-state index in [-0.39, 0.29) is 11.3 Å². The predicted octanol–water partition coefficient (Wildman–Crippen LogP) is 2.57. The van der Waals surface area contributed by atoms with E-state index in [9.17, 15) is 18.4 Å². The van der Waals surface area contributed by atoms with Crippen LogP contribution in [0.5, 0.6) is 0 Å². The molecule has 1 fully saturated rings. The standard InChI is InChI=1S/C12H11F2NO2.C2H4/c13-9-5-8(6-10(14)7-9)12(17)15-3-1-11(16)2-4-15;1-2/h5-7H,1-4H2;1-2H2. The van der Waals surface area contributed by atoms with Gasteiger partial charge in [-0.1, -0.05) is 0 Å². The molecule has 0 aromatic heterocycles. The van der Waals surface area contributed by atoms with Crippen LogP contribution in [-0.4, -0.2) is 29.7 Å². The Morgan fingerprint density at radius 3 is 2.00 bits per heavy atom. The molecule has 0 saturated carbocycles. The number of halogens is 2. The van der Waals surface area contributed by atoms with E-state index in [2.05, 4.69) is 13.2 Å². The first-order valence-electron chi connectivity index (χ1n) is 5.83. The highest BCUT2D eigenvalue weighted by Gasteiger charge is 2.22. The zero-order valence-corrected chi connectivity index (χ0v) is 10.5. The fourth-order valence-corrected chi connectivity index (χ4v) is 1.82. The van der Waals surface area contributed by atoms with Gasteiger partial charge in [0, 0.05) is 37.6 Å². The van der Waals surface area contributed by atoms with Crippen LogP contribution < -0.4 is 0 Å². The Morgan fingerprint density at radius 2 is 1.53 bits per heavy atom. The monoisotopic (exact) mass is 267 g/mol. The molecule has 0 N–H and O–H groups in total. The van der Waals surface area contributed by atoms with Crippen molar-refractivity contribution in [1.29, 1.82) is 0 Å². The van der Waals surface area contributed by atoms with Gasteiger partial charge in [-0.15, -0.1) is 13.2 Å². The second-order valence-electron chi connectivity index (χ2n) is 3.99. The third-order valence-electron chi connectivity index (χ3n) is 2.72. The molecule has 19 heavy (non-hydrogen) atoms. The molecule has 1 heterocycles. The SMILES string of the molecule is C=C.O=C1CCN(C(=O)c2cc(F)cc(F)c2)CC1. The minimum absolute atomic E-state index is 0.0168. The van der Waals surface area contributed by atoms with Gasteiger partial charge in [-0.05, 0) is 12.1 Å². The van der Waals surface area contributed by atoms with Crippen LogP contribution in [0.1, 0.15) is 23.2 Å². The van der Waals surface area contributed by atoms with Gasteiger partial charge in [0.15, 0.2) is 0 Å². The van der Waals surface area contributed by atoms with Crippen molar-refractivity contribution >= 4 is 11.7 Å². The largest absolute Gasteiger partial charge is 0.338 e. The maximum absolute atomic E-state index is 13.0. The van der Waals surface area contributed by atoms with Crippen molar-refractivity contribution in [2.24, 2.45) is 0 Å². The summed E-state index contributed by atoms with van der Waals surface area (Å²) in [6.07, 6.45) is 0.618. The molecule has 0 bridgehead atoms. The van der Waals surface area contributed by atoms with Crippen LogP contribution in [0, 0.1) is 11.6 Å². The molecule has 5 heteroatoms. The van der Waals surface area contributed by atoms with Gasteiger partial charge in [0.2, 0.25) is 0 Å². The molecule has 3 nitrogen and oxygen atoms in total. The molecule has 0 radical (unpaired) electrons. The van der Waals surface area contributed by atoms with E-state index in [1.807, 2.05) is 0 Å². The molecular formula is C14H15F2NO2. The normalized spacial score (nSPS) is 14.6. The Labute approximate surface area is 110 Å². The predicted molar refractivity (Wildman–Crippen MR) is 67.8 cm³/mol. The fraction of sp³-hybridized carbons (Fsp3) is 0.286. The Hall–Kier alpha value is -2.04. The van der Waals surface area contributed by atoms with Gasteiger partial charge in [0.05, 0.1) is 0 Å². The van der Waals surface area contributed by atoms with Gasteiger partial charge in [-0.3, -0.25) is 9.59 Å². The van der Waals surface area contributed by atoms with Crippen molar-refractivity contribution in [2.45, 2.75) is 12.8 Å². The van der Waals surface area contributed by atoms with E-state index >= 15 is 0 Å². The lowest BCUT2D eigenvalue weighted by Crippen LogP contribution is -2.38. The summed E-state index contributed by atoms with van der Waals surface area (Å²) in [7, 11) is 0. The molecule has 0 spiro atoms. The summed E-state index contributed by atoms with van der Waals surface area (Å²) in [5.41, 5.74) is -0.0168. The Morgan fingerprint density at radius 1 is 1.05 bits per heavy atom. The number of hydrogen-bond acceptors (Lipinski definition) is 2. The van der Waals surface area contributed by atoms with Gasteiger partial charge < -0.3 is 4.90 Å². The highest BCUT2D eigenvalue weighted by molar-refractivity contribution is 5.95. The summed E-state index contributed by atoms with van der Waals surface area (Å²) in [5.74, 6) is -1.88. The number of nitrogens with zero attached hydrogens (tertiary/aromatic N) is 1. The lowest BCUT2D eigenvalue weighted by molar-refractivity contribution is -0.120. The van der Waals surface area contributed by atoms with Crippen LogP contribution >= 0.6 is 0 Å². The zero-order valence-electron chi connectivity index (χ0n) is 10.5. The van der Waals surface area contributed by atoms with Crippen LogP contribution in [-0.2, 0) is 4.79 Å². The Balaban J connectivity index is 0.000000861. The van der Waals surface area contributed by atoms with Crippen LogP contribution in [0.3, 0.4) is 0 Å². The number of Topliss-reactive ketones (excluding diaryl/α,β-unsaturated/α-hetero) is 1. The molecule has 1 saturated heterocycles. The average molecular weight is 267 g/mol. The van der Waals surface area contributed by atoms with Gasteiger partial charge in [-0.25, -0.2) is 8.78 Å². The molecule has 0 atom stereocenters. The number of piperidine rings is 1. The van der Waals surface area contributed by atoms with Gasteiger partial charge in [0.25, 0.3) is 5.91 Å². The first-order chi connectivity index (χ1) is 9.06. The number of carbonyl (C=O) groups excluding carboxylic acids is 2. The summed E-state index contributed by atoms with van der Waals surface area (Å²) in [6.45, 7) is 6.63. The van der Waals surface area contributed by atoms with E-state index in [0.717, 1.165) is 18.2 Å². The summed E-state index contributed by atoms with van der Waals surface area (Å²) in [4.78, 5) is 24.4. The van der Waals surface area contributed by atoms with Crippen molar-refractivity contribution in [3.63, 3.8) is 0 Å². The molecule has 1 aliphatic rings. The van der Waals surface area contributed by atoms with Crippen LogP contribution in [0.25, 0.3) is 0 Å². The summed E-state index contributed by atoms with van der Waals surface area (Å²) in [5, 5.41) is 0. The summed E-state index contributed by atoms with van der Waals surface area (Å²) >= 11 is 0. The third-order valence-corrected chi connectivity index (χ3v) is 2.72. The van der Waals surface area contributed by atoms with E-state index < -0.39 is 17.5 Å². The smallest absolute Gasteiger partial charge is 0.254 e. The number of likely N-dealkylation sites (tertiary alicyclic amines) is 1. The number of rotatable bonds is 1. The topological polar surface area (TPSA) is 37.4 Å². The van der Waals surface area contributed by atoms with Crippen LogP contribution in [0.15, 0.2) is 31.4 Å². The quantitative estimate of drug-likeness (QED) is 0.733. The summed E-state index contributed by atoms with van der Waals surface area (Å²) < 4.78 is 25.9. The highest BCUT2D eigenvalue weighted by atomic mass is 19.1. The van der Waals surface area contributed by atoms with E-state index in [4.69, 9.17) is 0 Å². The van der Waals surface area contributed by atoms with Crippen molar-refractivity contribution in [1.82, 2.24) is 4.90 Å². The minimum Gasteiger partial charge on any atom is -0.338 e. The van der Waals surface area contributed by atoms with E-state index in [0.29, 0.717) is 25.9 Å². The molecule has 102 valence electrons. The molecule has 1 aromatic rings. The minimum atomic E-state index is -0.776. The van der Waals surface area contributed by atoms with Crippen molar-refractivity contribution in [3.05, 3.63) is 48.6 Å². The number of ketones is 1. The molecule has 2 rings (SSSR count). The second-order valence-corrected chi connectivity index (χ2v) is 3.99. The summed E-state index contributed by atoms with van der Waals surface area (Å²) in [6, 6.07) is 2.72. The zero-order chi connectivity index (χ0) is 14.4. The number of hydrogen-bond donors (Lipinski definition) is 0. The first kappa shape index (κ1) is 15.0. The highest BCUT2D eigenvalue weighted by Crippen LogP contribution is 2.14. The van der Waals surface area contributed by atoms with E-state index in [1.165, 1.54) is 4.90 Å². The lowest BCUT2D eigenvalue weighted by atomic mass is 10.1. The van der Waals surface area contributed by atoms with Crippen LogP contribution in [0.4, 0.5) is 8.78 Å². The Bertz CT molecular complexity index is 458. The Kier molecular flexibility index (Phi) is 5.36.